The summed E-state index contributed by atoms with van der Waals surface area (Å²) in [7, 11) is 3.30. The standard InChI is InChI=1S/C26H28N4O2/c1-18-25(20-9-10-23(31-2)24(15-20)32-3)26-27-13-11-22(30(26)28-18)21-12-14-29(17-21)16-19-7-5-4-6-8-19/h4-11,13,15,21H,12,14,16-17H2,1-3H3. The Labute approximate surface area is 188 Å². The summed E-state index contributed by atoms with van der Waals surface area (Å²) < 4.78 is 13.0. The van der Waals surface area contributed by atoms with E-state index in [1.807, 2.05) is 35.8 Å². The molecule has 0 N–H and O–H groups in total. The van der Waals surface area contributed by atoms with Crippen LogP contribution in [0.25, 0.3) is 16.8 Å². The molecule has 4 aromatic rings. The van der Waals surface area contributed by atoms with Crippen molar-refractivity contribution < 1.29 is 9.47 Å². The van der Waals surface area contributed by atoms with Gasteiger partial charge in [-0.05, 0) is 49.2 Å². The fraction of sp³-hybridized carbons (Fsp3) is 0.308. The minimum absolute atomic E-state index is 0.432. The number of aryl methyl sites for hydroxylation is 1. The first-order chi connectivity index (χ1) is 15.7. The molecule has 1 aliphatic heterocycles. The van der Waals surface area contributed by atoms with Crippen LogP contribution < -0.4 is 9.47 Å². The topological polar surface area (TPSA) is 51.9 Å². The van der Waals surface area contributed by atoms with Crippen LogP contribution in [0.1, 0.15) is 29.3 Å². The van der Waals surface area contributed by atoms with Crippen molar-refractivity contribution in [1.29, 1.82) is 0 Å². The van der Waals surface area contributed by atoms with Gasteiger partial charge in [-0.1, -0.05) is 36.4 Å². The summed E-state index contributed by atoms with van der Waals surface area (Å²) in [6.45, 7) is 5.15. The molecule has 6 heteroatoms. The SMILES string of the molecule is COc1ccc(-c2c(C)nn3c(C4CCN(Cc5ccccc5)C4)ccnc23)cc1OC. The van der Waals surface area contributed by atoms with E-state index in [2.05, 4.69) is 41.3 Å². The van der Waals surface area contributed by atoms with Crippen LogP contribution in [0.5, 0.6) is 11.5 Å². The summed E-state index contributed by atoms with van der Waals surface area (Å²) in [5.74, 6) is 1.84. The van der Waals surface area contributed by atoms with Crippen molar-refractivity contribution in [3.05, 3.63) is 77.7 Å². The molecule has 5 rings (SSSR count). The van der Waals surface area contributed by atoms with Crippen molar-refractivity contribution in [1.82, 2.24) is 19.5 Å². The Balaban J connectivity index is 1.47. The molecule has 0 aliphatic carbocycles. The number of likely N-dealkylation sites (tertiary alicyclic amines) is 1. The summed E-state index contributed by atoms with van der Waals surface area (Å²) in [6, 6.07) is 18.8. The minimum atomic E-state index is 0.432. The molecule has 1 unspecified atom stereocenters. The Morgan fingerprint density at radius 3 is 2.59 bits per heavy atom. The first-order valence-electron chi connectivity index (χ1n) is 11.0. The van der Waals surface area contributed by atoms with Crippen molar-refractivity contribution in [2.45, 2.75) is 25.8 Å². The average Bonchev–Trinajstić information content (AvgIpc) is 3.42. The second-order valence-electron chi connectivity index (χ2n) is 8.34. The van der Waals surface area contributed by atoms with Crippen molar-refractivity contribution >= 4 is 5.65 Å². The largest absolute Gasteiger partial charge is 0.493 e. The first-order valence-corrected chi connectivity index (χ1v) is 11.0. The second kappa shape index (κ2) is 8.63. The smallest absolute Gasteiger partial charge is 0.163 e. The number of nitrogens with zero attached hydrogens (tertiary/aromatic N) is 4. The second-order valence-corrected chi connectivity index (χ2v) is 8.34. The molecule has 2 aromatic heterocycles. The molecule has 0 bridgehead atoms. The van der Waals surface area contributed by atoms with Gasteiger partial charge in [-0.3, -0.25) is 4.90 Å². The van der Waals surface area contributed by atoms with E-state index in [1.54, 1.807) is 14.2 Å². The molecule has 32 heavy (non-hydrogen) atoms. The predicted molar refractivity (Wildman–Crippen MR) is 125 cm³/mol. The fourth-order valence-corrected chi connectivity index (χ4v) is 4.77. The molecule has 0 spiro atoms. The first kappa shape index (κ1) is 20.5. The molecular weight excluding hydrogens is 400 g/mol. The predicted octanol–water partition coefficient (Wildman–Crippen LogP) is 4.71. The highest BCUT2D eigenvalue weighted by Crippen LogP contribution is 2.36. The van der Waals surface area contributed by atoms with E-state index in [-0.39, 0.29) is 0 Å². The molecule has 0 radical (unpaired) electrons. The van der Waals surface area contributed by atoms with Crippen molar-refractivity contribution in [2.75, 3.05) is 27.3 Å². The Morgan fingerprint density at radius 1 is 1.00 bits per heavy atom. The van der Waals surface area contributed by atoms with Crippen LogP contribution >= 0.6 is 0 Å². The van der Waals surface area contributed by atoms with Gasteiger partial charge in [-0.15, -0.1) is 0 Å². The lowest BCUT2D eigenvalue weighted by atomic mass is 10.0. The maximum absolute atomic E-state index is 5.51. The molecule has 0 saturated carbocycles. The zero-order valence-corrected chi connectivity index (χ0v) is 18.8. The average molecular weight is 429 g/mol. The highest BCUT2D eigenvalue weighted by atomic mass is 16.5. The third kappa shape index (κ3) is 3.71. The van der Waals surface area contributed by atoms with Gasteiger partial charge in [0, 0.05) is 30.8 Å². The maximum Gasteiger partial charge on any atom is 0.163 e. The van der Waals surface area contributed by atoms with Gasteiger partial charge in [-0.2, -0.15) is 5.10 Å². The third-order valence-electron chi connectivity index (χ3n) is 6.33. The lowest BCUT2D eigenvalue weighted by molar-refractivity contribution is 0.326. The number of aromatic nitrogens is 3. The number of hydrogen-bond donors (Lipinski definition) is 0. The Bertz CT molecular complexity index is 1240. The van der Waals surface area contributed by atoms with Gasteiger partial charge in [-0.25, -0.2) is 9.50 Å². The van der Waals surface area contributed by atoms with Crippen molar-refractivity contribution in [3.8, 4) is 22.6 Å². The molecule has 164 valence electrons. The lowest BCUT2D eigenvalue weighted by Crippen LogP contribution is -2.20. The lowest BCUT2D eigenvalue weighted by Gasteiger charge is -2.16. The van der Waals surface area contributed by atoms with Crippen LogP contribution in [0.2, 0.25) is 0 Å². The summed E-state index contributed by atoms with van der Waals surface area (Å²) >= 11 is 0. The summed E-state index contributed by atoms with van der Waals surface area (Å²) in [6.07, 6.45) is 3.03. The molecular formula is C26H28N4O2. The van der Waals surface area contributed by atoms with Gasteiger partial charge in [0.25, 0.3) is 0 Å². The molecule has 1 atom stereocenters. The van der Waals surface area contributed by atoms with Gasteiger partial charge >= 0.3 is 0 Å². The van der Waals surface area contributed by atoms with E-state index in [0.717, 1.165) is 48.5 Å². The van der Waals surface area contributed by atoms with Crippen LogP contribution in [0.3, 0.4) is 0 Å². The number of fused-ring (bicyclic) bond motifs is 1. The highest BCUT2D eigenvalue weighted by Gasteiger charge is 2.27. The van der Waals surface area contributed by atoms with E-state index >= 15 is 0 Å². The van der Waals surface area contributed by atoms with Crippen molar-refractivity contribution in [2.24, 2.45) is 0 Å². The van der Waals surface area contributed by atoms with Crippen LogP contribution in [0.15, 0.2) is 60.8 Å². The van der Waals surface area contributed by atoms with E-state index in [9.17, 15) is 0 Å². The molecule has 0 amide bonds. The van der Waals surface area contributed by atoms with Gasteiger partial charge in [0.05, 0.1) is 25.6 Å². The summed E-state index contributed by atoms with van der Waals surface area (Å²) in [5, 5.41) is 4.90. The Morgan fingerprint density at radius 2 is 1.81 bits per heavy atom. The van der Waals surface area contributed by atoms with Gasteiger partial charge < -0.3 is 9.47 Å². The number of rotatable bonds is 6. The number of methoxy groups -OCH3 is 2. The molecule has 2 aromatic carbocycles. The van der Waals surface area contributed by atoms with Crippen molar-refractivity contribution in [3.63, 3.8) is 0 Å². The summed E-state index contributed by atoms with van der Waals surface area (Å²) in [5.41, 5.74) is 6.48. The monoisotopic (exact) mass is 428 g/mol. The third-order valence-corrected chi connectivity index (χ3v) is 6.33. The van der Waals surface area contributed by atoms with E-state index in [0.29, 0.717) is 17.4 Å². The van der Waals surface area contributed by atoms with E-state index in [4.69, 9.17) is 19.6 Å². The quantitative estimate of drug-likeness (QED) is 0.445. The number of benzene rings is 2. The van der Waals surface area contributed by atoms with Gasteiger partial charge in [0.2, 0.25) is 0 Å². The minimum Gasteiger partial charge on any atom is -0.493 e. The van der Waals surface area contributed by atoms with E-state index < -0.39 is 0 Å². The zero-order chi connectivity index (χ0) is 22.1. The highest BCUT2D eigenvalue weighted by molar-refractivity contribution is 5.81. The zero-order valence-electron chi connectivity index (χ0n) is 18.8. The Kier molecular flexibility index (Phi) is 5.53. The molecule has 3 heterocycles. The van der Waals surface area contributed by atoms with Gasteiger partial charge in [0.15, 0.2) is 17.1 Å². The van der Waals surface area contributed by atoms with Crippen LogP contribution in [0.4, 0.5) is 0 Å². The molecule has 1 fully saturated rings. The van der Waals surface area contributed by atoms with Crippen LogP contribution in [0, 0.1) is 6.92 Å². The normalized spacial score (nSPS) is 16.5. The van der Waals surface area contributed by atoms with Crippen LogP contribution in [-0.2, 0) is 6.54 Å². The Hall–Kier alpha value is -3.38. The fourth-order valence-electron chi connectivity index (χ4n) is 4.77. The van der Waals surface area contributed by atoms with E-state index in [1.165, 1.54) is 11.3 Å². The number of hydrogen-bond acceptors (Lipinski definition) is 5. The molecule has 1 saturated heterocycles. The van der Waals surface area contributed by atoms with Gasteiger partial charge in [0.1, 0.15) is 0 Å². The molecule has 6 nitrogen and oxygen atoms in total. The number of ether oxygens (including phenoxy) is 2. The van der Waals surface area contributed by atoms with Crippen LogP contribution in [-0.4, -0.2) is 46.8 Å². The summed E-state index contributed by atoms with van der Waals surface area (Å²) in [4.78, 5) is 7.24. The maximum atomic E-state index is 5.51. The molecule has 1 aliphatic rings.